The van der Waals surface area contributed by atoms with E-state index in [1.54, 1.807) is 4.57 Å². The Morgan fingerprint density at radius 1 is 1.60 bits per heavy atom. The molecule has 0 unspecified atom stereocenters. The van der Waals surface area contributed by atoms with Crippen molar-refractivity contribution in [3.05, 3.63) is 22.6 Å². The molecule has 0 aliphatic heterocycles. The zero-order valence-corrected chi connectivity index (χ0v) is 8.88. The predicted molar refractivity (Wildman–Crippen MR) is 54.4 cm³/mol. The third-order valence-corrected chi connectivity index (χ3v) is 2.60. The van der Waals surface area contributed by atoms with Gasteiger partial charge >= 0.3 is 5.82 Å². The molecular weight excluding hydrogens is 198 g/mol. The van der Waals surface area contributed by atoms with Gasteiger partial charge in [0.1, 0.15) is 6.20 Å². The van der Waals surface area contributed by atoms with Crippen molar-refractivity contribution in [2.24, 2.45) is 0 Å². The SMILES string of the molecule is CCC(O)(CC)Cn1cnc([N+](=O)[O-])c1. The number of hydrogen-bond donors (Lipinski definition) is 1. The van der Waals surface area contributed by atoms with Crippen LogP contribution in [0.1, 0.15) is 26.7 Å². The maximum absolute atomic E-state index is 10.4. The lowest BCUT2D eigenvalue weighted by Gasteiger charge is -2.24. The summed E-state index contributed by atoms with van der Waals surface area (Å²) in [5.41, 5.74) is -0.811. The van der Waals surface area contributed by atoms with Crippen molar-refractivity contribution < 1.29 is 10.0 Å². The normalized spacial score (nSPS) is 11.7. The van der Waals surface area contributed by atoms with E-state index in [0.717, 1.165) is 0 Å². The van der Waals surface area contributed by atoms with Gasteiger partial charge in [0.15, 0.2) is 0 Å². The second-order valence-electron chi connectivity index (χ2n) is 3.59. The van der Waals surface area contributed by atoms with E-state index in [1.165, 1.54) is 12.5 Å². The van der Waals surface area contributed by atoms with Crippen molar-refractivity contribution >= 4 is 5.82 Å². The van der Waals surface area contributed by atoms with Crippen molar-refractivity contribution in [1.29, 1.82) is 0 Å². The summed E-state index contributed by atoms with van der Waals surface area (Å²) in [6.07, 6.45) is 3.91. The van der Waals surface area contributed by atoms with Crippen LogP contribution >= 0.6 is 0 Å². The number of nitro groups is 1. The first kappa shape index (κ1) is 11.6. The van der Waals surface area contributed by atoms with E-state index in [4.69, 9.17) is 0 Å². The van der Waals surface area contributed by atoms with Crippen LogP contribution in [0.15, 0.2) is 12.5 Å². The highest BCUT2D eigenvalue weighted by molar-refractivity contribution is 5.12. The Kier molecular flexibility index (Phi) is 3.41. The zero-order chi connectivity index (χ0) is 11.5. The molecule has 0 amide bonds. The van der Waals surface area contributed by atoms with E-state index in [2.05, 4.69) is 4.98 Å². The van der Waals surface area contributed by atoms with Crippen LogP contribution in [0.3, 0.4) is 0 Å². The molecule has 1 N–H and O–H groups in total. The number of nitrogens with zero attached hydrogens (tertiary/aromatic N) is 3. The van der Waals surface area contributed by atoms with Gasteiger partial charge in [-0.25, -0.2) is 0 Å². The van der Waals surface area contributed by atoms with Crippen LogP contribution in [0.25, 0.3) is 0 Å². The summed E-state index contributed by atoms with van der Waals surface area (Å²) in [5, 5.41) is 20.4. The van der Waals surface area contributed by atoms with E-state index >= 15 is 0 Å². The quantitative estimate of drug-likeness (QED) is 0.591. The van der Waals surface area contributed by atoms with Gasteiger partial charge in [-0.2, -0.15) is 0 Å². The fraction of sp³-hybridized carbons (Fsp3) is 0.667. The summed E-state index contributed by atoms with van der Waals surface area (Å²) in [6, 6.07) is 0. The van der Waals surface area contributed by atoms with Crippen LogP contribution in [-0.2, 0) is 6.54 Å². The fourth-order valence-corrected chi connectivity index (χ4v) is 1.34. The van der Waals surface area contributed by atoms with Gasteiger partial charge in [-0.15, -0.1) is 0 Å². The molecule has 1 aromatic heterocycles. The zero-order valence-electron chi connectivity index (χ0n) is 8.88. The topological polar surface area (TPSA) is 81.2 Å². The van der Waals surface area contributed by atoms with Gasteiger partial charge in [0, 0.05) is 0 Å². The molecule has 0 aliphatic carbocycles. The van der Waals surface area contributed by atoms with Crippen molar-refractivity contribution in [3.63, 3.8) is 0 Å². The molecule has 15 heavy (non-hydrogen) atoms. The van der Waals surface area contributed by atoms with Gasteiger partial charge in [-0.1, -0.05) is 13.8 Å². The van der Waals surface area contributed by atoms with Crippen LogP contribution in [0, 0.1) is 10.1 Å². The number of aliphatic hydroxyl groups is 1. The van der Waals surface area contributed by atoms with Gasteiger partial charge in [0.2, 0.25) is 6.33 Å². The van der Waals surface area contributed by atoms with Crippen molar-refractivity contribution in [1.82, 2.24) is 9.55 Å². The van der Waals surface area contributed by atoms with Gasteiger partial charge in [-0.3, -0.25) is 0 Å². The Balaban J connectivity index is 2.76. The van der Waals surface area contributed by atoms with Crippen molar-refractivity contribution in [2.45, 2.75) is 38.8 Å². The highest BCUT2D eigenvalue weighted by atomic mass is 16.6. The lowest BCUT2D eigenvalue weighted by Crippen LogP contribution is -2.32. The Labute approximate surface area is 87.7 Å². The standard InChI is InChI=1S/C9H15N3O3/c1-3-9(13,4-2)6-11-5-8(10-7-11)12(14)15/h5,7,13H,3-4,6H2,1-2H3. The third kappa shape index (κ3) is 2.76. The first-order valence-electron chi connectivity index (χ1n) is 4.89. The Morgan fingerprint density at radius 3 is 2.60 bits per heavy atom. The predicted octanol–water partition coefficient (Wildman–Crippen LogP) is 1.34. The summed E-state index contributed by atoms with van der Waals surface area (Å²) < 4.78 is 1.55. The van der Waals surface area contributed by atoms with E-state index in [1.807, 2.05) is 13.8 Å². The van der Waals surface area contributed by atoms with Crippen molar-refractivity contribution in [3.8, 4) is 0 Å². The van der Waals surface area contributed by atoms with E-state index in [0.29, 0.717) is 19.4 Å². The molecule has 0 spiro atoms. The molecule has 6 nitrogen and oxygen atoms in total. The molecule has 1 heterocycles. The highest BCUT2D eigenvalue weighted by Gasteiger charge is 2.24. The summed E-state index contributed by atoms with van der Waals surface area (Å²) in [7, 11) is 0. The van der Waals surface area contributed by atoms with E-state index < -0.39 is 10.5 Å². The van der Waals surface area contributed by atoms with E-state index in [-0.39, 0.29) is 5.82 Å². The minimum absolute atomic E-state index is 0.190. The minimum atomic E-state index is -0.811. The summed E-state index contributed by atoms with van der Waals surface area (Å²) in [4.78, 5) is 13.5. The molecule has 0 aliphatic rings. The Bertz CT molecular complexity index is 344. The van der Waals surface area contributed by atoms with Gasteiger partial charge in [-0.05, 0) is 22.7 Å². The molecule has 0 aromatic carbocycles. The van der Waals surface area contributed by atoms with Crippen LogP contribution in [0.5, 0.6) is 0 Å². The maximum Gasteiger partial charge on any atom is 0.381 e. The monoisotopic (exact) mass is 213 g/mol. The molecule has 0 saturated heterocycles. The average Bonchev–Trinajstić information content (AvgIpc) is 2.66. The van der Waals surface area contributed by atoms with Gasteiger partial charge in [0.05, 0.1) is 12.1 Å². The van der Waals surface area contributed by atoms with Crippen LogP contribution < -0.4 is 0 Å². The number of aromatic nitrogens is 2. The maximum atomic E-state index is 10.4. The minimum Gasteiger partial charge on any atom is -0.388 e. The summed E-state index contributed by atoms with van der Waals surface area (Å²) in [6.45, 7) is 4.10. The van der Waals surface area contributed by atoms with Crippen molar-refractivity contribution in [2.75, 3.05) is 0 Å². The van der Waals surface area contributed by atoms with E-state index in [9.17, 15) is 15.2 Å². The molecule has 1 aromatic rings. The number of rotatable bonds is 5. The lowest BCUT2D eigenvalue weighted by atomic mass is 9.98. The molecule has 0 atom stereocenters. The van der Waals surface area contributed by atoms with Gasteiger partial charge in [0.25, 0.3) is 0 Å². The lowest BCUT2D eigenvalue weighted by molar-refractivity contribution is -0.389. The smallest absolute Gasteiger partial charge is 0.381 e. The van der Waals surface area contributed by atoms with Crippen LogP contribution in [0.4, 0.5) is 5.82 Å². The van der Waals surface area contributed by atoms with Gasteiger partial charge < -0.3 is 19.8 Å². The van der Waals surface area contributed by atoms with Crippen LogP contribution in [-0.4, -0.2) is 25.2 Å². The molecule has 0 saturated carbocycles. The second kappa shape index (κ2) is 4.39. The molecular formula is C9H15N3O3. The summed E-state index contributed by atoms with van der Waals surface area (Å²) in [5.74, 6) is -0.190. The largest absolute Gasteiger partial charge is 0.388 e. The fourth-order valence-electron chi connectivity index (χ4n) is 1.34. The molecule has 0 bridgehead atoms. The first-order chi connectivity index (χ1) is 7.00. The highest BCUT2D eigenvalue weighted by Crippen LogP contribution is 2.18. The third-order valence-electron chi connectivity index (χ3n) is 2.60. The summed E-state index contributed by atoms with van der Waals surface area (Å²) >= 11 is 0. The second-order valence-corrected chi connectivity index (χ2v) is 3.59. The molecule has 0 radical (unpaired) electrons. The average molecular weight is 213 g/mol. The molecule has 84 valence electrons. The molecule has 6 heteroatoms. The Morgan fingerprint density at radius 2 is 2.20 bits per heavy atom. The Hall–Kier alpha value is -1.43. The van der Waals surface area contributed by atoms with Crippen LogP contribution in [0.2, 0.25) is 0 Å². The number of imidazole rings is 1. The molecule has 1 rings (SSSR count). The number of hydrogen-bond acceptors (Lipinski definition) is 4. The first-order valence-corrected chi connectivity index (χ1v) is 4.89. The molecule has 0 fully saturated rings.